The lowest BCUT2D eigenvalue weighted by Gasteiger charge is -2.35. The summed E-state index contributed by atoms with van der Waals surface area (Å²) in [4.78, 5) is 31.7. The number of halogens is 2. The van der Waals surface area contributed by atoms with Crippen LogP contribution in [0, 0.1) is 5.82 Å². The molecular formula is C27H28ClFN2O2S. The van der Waals surface area contributed by atoms with Gasteiger partial charge in [-0.05, 0) is 60.2 Å². The fourth-order valence-electron chi connectivity index (χ4n) is 4.43. The molecule has 4 rings (SSSR count). The molecule has 2 amide bonds. The van der Waals surface area contributed by atoms with Crippen molar-refractivity contribution < 1.29 is 14.0 Å². The van der Waals surface area contributed by atoms with Gasteiger partial charge < -0.3 is 9.80 Å². The number of carbonyl (C=O) groups excluding carboxylic acids is 2. The summed E-state index contributed by atoms with van der Waals surface area (Å²) < 4.78 is 13.4. The van der Waals surface area contributed by atoms with E-state index < -0.39 is 0 Å². The van der Waals surface area contributed by atoms with Crippen LogP contribution in [0.5, 0.6) is 0 Å². The molecule has 0 atom stereocenters. The van der Waals surface area contributed by atoms with Gasteiger partial charge in [0.25, 0.3) is 5.91 Å². The van der Waals surface area contributed by atoms with E-state index in [9.17, 15) is 14.0 Å². The van der Waals surface area contributed by atoms with Gasteiger partial charge >= 0.3 is 0 Å². The van der Waals surface area contributed by atoms with Crippen molar-refractivity contribution in [2.24, 2.45) is 0 Å². The Kier molecular flexibility index (Phi) is 8.35. The third kappa shape index (κ3) is 6.45. The Morgan fingerprint density at radius 1 is 0.971 bits per heavy atom. The van der Waals surface area contributed by atoms with Crippen LogP contribution in [-0.2, 0) is 17.9 Å². The van der Waals surface area contributed by atoms with Gasteiger partial charge in [0.15, 0.2) is 0 Å². The van der Waals surface area contributed by atoms with E-state index >= 15 is 0 Å². The number of amides is 2. The molecule has 1 saturated carbocycles. The highest BCUT2D eigenvalue weighted by Gasteiger charge is 2.30. The summed E-state index contributed by atoms with van der Waals surface area (Å²) in [5, 5.41) is 2.48. The molecule has 1 aliphatic rings. The third-order valence-electron chi connectivity index (χ3n) is 6.22. The van der Waals surface area contributed by atoms with Crippen LogP contribution in [0.4, 0.5) is 4.39 Å². The predicted octanol–water partition coefficient (Wildman–Crippen LogP) is 6.54. The van der Waals surface area contributed by atoms with Crippen molar-refractivity contribution in [2.45, 2.75) is 51.2 Å². The Bertz CT molecular complexity index is 1100. The van der Waals surface area contributed by atoms with E-state index in [-0.39, 0.29) is 30.2 Å². The molecule has 0 unspecified atom stereocenters. The van der Waals surface area contributed by atoms with Crippen LogP contribution in [0.25, 0.3) is 0 Å². The molecule has 1 aliphatic carbocycles. The molecule has 7 heteroatoms. The minimum Gasteiger partial charge on any atom is -0.332 e. The number of thiophene rings is 1. The van der Waals surface area contributed by atoms with E-state index in [1.165, 1.54) is 12.1 Å². The summed E-state index contributed by atoms with van der Waals surface area (Å²) in [6.07, 6.45) is 5.03. The Hall–Kier alpha value is -2.70. The first-order chi connectivity index (χ1) is 16.5. The molecule has 0 bridgehead atoms. The normalized spacial score (nSPS) is 14.1. The van der Waals surface area contributed by atoms with Gasteiger partial charge in [-0.15, -0.1) is 11.3 Å². The van der Waals surface area contributed by atoms with Gasteiger partial charge in [0, 0.05) is 28.0 Å². The Morgan fingerprint density at radius 2 is 1.74 bits per heavy atom. The van der Waals surface area contributed by atoms with Gasteiger partial charge in [-0.25, -0.2) is 4.39 Å². The molecule has 1 heterocycles. The smallest absolute Gasteiger partial charge is 0.254 e. The van der Waals surface area contributed by atoms with Crippen LogP contribution >= 0.6 is 22.9 Å². The van der Waals surface area contributed by atoms with Crippen molar-refractivity contribution in [3.63, 3.8) is 0 Å². The standard InChI is InChI=1S/C27H28ClFN2O2S/c28-22-7-4-6-21(16-22)27(33)31(24-8-2-1-3-9-24)19-26(32)30(18-25-10-5-15-34-25)17-20-11-13-23(29)14-12-20/h4-7,10-16,24H,1-3,8-9,17-19H2. The first-order valence-electron chi connectivity index (χ1n) is 11.6. The number of carbonyl (C=O) groups is 2. The lowest BCUT2D eigenvalue weighted by molar-refractivity contribution is -0.133. The fourth-order valence-corrected chi connectivity index (χ4v) is 5.34. The average Bonchev–Trinajstić information content (AvgIpc) is 3.37. The van der Waals surface area contributed by atoms with Gasteiger partial charge in [-0.2, -0.15) is 0 Å². The molecule has 0 aliphatic heterocycles. The SMILES string of the molecule is O=C(CN(C(=O)c1cccc(Cl)c1)C1CCCCC1)N(Cc1ccc(F)cc1)Cc1cccs1. The minimum absolute atomic E-state index is 0.00256. The summed E-state index contributed by atoms with van der Waals surface area (Å²) in [6, 6.07) is 17.1. The zero-order valence-electron chi connectivity index (χ0n) is 19.0. The van der Waals surface area contributed by atoms with Crippen molar-refractivity contribution in [3.8, 4) is 0 Å². The van der Waals surface area contributed by atoms with Gasteiger partial charge in [-0.3, -0.25) is 9.59 Å². The lowest BCUT2D eigenvalue weighted by Crippen LogP contribution is -2.48. The number of nitrogens with zero attached hydrogens (tertiary/aromatic N) is 2. The molecule has 3 aromatic rings. The lowest BCUT2D eigenvalue weighted by atomic mass is 9.93. The van der Waals surface area contributed by atoms with E-state index in [1.807, 2.05) is 17.5 Å². The van der Waals surface area contributed by atoms with Crippen molar-refractivity contribution in [1.29, 1.82) is 0 Å². The molecule has 178 valence electrons. The van der Waals surface area contributed by atoms with Gasteiger partial charge in [-0.1, -0.05) is 55.1 Å². The Morgan fingerprint density at radius 3 is 2.41 bits per heavy atom. The Balaban J connectivity index is 1.57. The molecule has 0 saturated heterocycles. The topological polar surface area (TPSA) is 40.6 Å². The zero-order chi connectivity index (χ0) is 23.9. The molecule has 1 fully saturated rings. The monoisotopic (exact) mass is 498 g/mol. The average molecular weight is 499 g/mol. The van der Waals surface area contributed by atoms with Crippen molar-refractivity contribution in [2.75, 3.05) is 6.54 Å². The van der Waals surface area contributed by atoms with E-state index in [2.05, 4.69) is 0 Å². The fraction of sp³-hybridized carbons (Fsp3) is 0.333. The quantitative estimate of drug-likeness (QED) is 0.353. The highest BCUT2D eigenvalue weighted by Crippen LogP contribution is 2.25. The molecule has 0 radical (unpaired) electrons. The molecule has 4 nitrogen and oxygen atoms in total. The van der Waals surface area contributed by atoms with E-state index in [1.54, 1.807) is 57.5 Å². The van der Waals surface area contributed by atoms with Crippen molar-refractivity contribution in [1.82, 2.24) is 9.80 Å². The van der Waals surface area contributed by atoms with Crippen molar-refractivity contribution >= 4 is 34.8 Å². The molecule has 0 spiro atoms. The van der Waals surface area contributed by atoms with Crippen LogP contribution in [0.2, 0.25) is 5.02 Å². The first-order valence-corrected chi connectivity index (χ1v) is 12.9. The van der Waals surface area contributed by atoms with Crippen LogP contribution < -0.4 is 0 Å². The first kappa shape index (κ1) is 24.4. The minimum atomic E-state index is -0.310. The summed E-state index contributed by atoms with van der Waals surface area (Å²) in [6.45, 7) is 0.793. The summed E-state index contributed by atoms with van der Waals surface area (Å²) in [5.41, 5.74) is 1.34. The van der Waals surface area contributed by atoms with Gasteiger partial charge in [0.1, 0.15) is 12.4 Å². The number of benzene rings is 2. The summed E-state index contributed by atoms with van der Waals surface area (Å²) >= 11 is 7.73. The second kappa shape index (κ2) is 11.6. The largest absolute Gasteiger partial charge is 0.332 e. The highest BCUT2D eigenvalue weighted by molar-refractivity contribution is 7.09. The van der Waals surface area contributed by atoms with Gasteiger partial charge in [0.2, 0.25) is 5.91 Å². The van der Waals surface area contributed by atoms with Crippen LogP contribution in [0.3, 0.4) is 0 Å². The van der Waals surface area contributed by atoms with Crippen LogP contribution in [0.15, 0.2) is 66.0 Å². The van der Waals surface area contributed by atoms with E-state index in [0.717, 1.165) is 42.5 Å². The predicted molar refractivity (Wildman–Crippen MR) is 134 cm³/mol. The summed E-state index contributed by atoms with van der Waals surface area (Å²) in [7, 11) is 0. The zero-order valence-corrected chi connectivity index (χ0v) is 20.5. The van der Waals surface area contributed by atoms with Gasteiger partial charge in [0.05, 0.1) is 6.54 Å². The second-order valence-corrected chi connectivity index (χ2v) is 10.2. The molecule has 2 aromatic carbocycles. The second-order valence-electron chi connectivity index (χ2n) is 8.69. The highest BCUT2D eigenvalue weighted by atomic mass is 35.5. The number of hydrogen-bond donors (Lipinski definition) is 0. The molecule has 1 aromatic heterocycles. The number of rotatable bonds is 8. The van der Waals surface area contributed by atoms with Crippen molar-refractivity contribution in [3.05, 3.63) is 92.9 Å². The Labute approximate surface area is 209 Å². The maximum Gasteiger partial charge on any atom is 0.254 e. The van der Waals surface area contributed by atoms with E-state index in [0.29, 0.717) is 23.7 Å². The maximum atomic E-state index is 13.6. The number of hydrogen-bond acceptors (Lipinski definition) is 3. The molecule has 34 heavy (non-hydrogen) atoms. The van der Waals surface area contributed by atoms with E-state index in [4.69, 9.17) is 11.6 Å². The summed E-state index contributed by atoms with van der Waals surface area (Å²) in [5.74, 6) is -0.602. The van der Waals surface area contributed by atoms with Crippen LogP contribution in [-0.4, -0.2) is 34.2 Å². The van der Waals surface area contributed by atoms with Crippen LogP contribution in [0.1, 0.15) is 52.9 Å². The molecular weight excluding hydrogens is 471 g/mol. The third-order valence-corrected chi connectivity index (χ3v) is 7.32. The molecule has 0 N–H and O–H groups in total. The maximum absolute atomic E-state index is 13.6.